The number of methoxy groups -OCH3 is 1. The van der Waals surface area contributed by atoms with E-state index in [1.54, 1.807) is 24.3 Å². The lowest BCUT2D eigenvalue weighted by atomic mass is 10.1. The molecule has 0 unspecified atom stereocenters. The van der Waals surface area contributed by atoms with Gasteiger partial charge in [0.2, 0.25) is 0 Å². The third-order valence-electron chi connectivity index (χ3n) is 5.26. The maximum absolute atomic E-state index is 14.0. The second-order valence-corrected chi connectivity index (χ2v) is 7.99. The number of esters is 1. The van der Waals surface area contributed by atoms with Gasteiger partial charge in [0.1, 0.15) is 23.7 Å². The maximum Gasteiger partial charge on any atom is 0.337 e. The minimum absolute atomic E-state index is 0.109. The number of nitrogens with one attached hydrogen (secondary N) is 1. The van der Waals surface area contributed by atoms with Crippen molar-refractivity contribution in [2.45, 2.75) is 6.61 Å². The maximum atomic E-state index is 14.0. The second-order valence-electron chi connectivity index (χ2n) is 7.56. The Bertz CT molecular complexity index is 1400. The number of halogens is 2. The fraction of sp³-hybridized carbons (Fsp3) is 0.0769. The molecule has 0 spiro atoms. The first-order valence-electron chi connectivity index (χ1n) is 10.5. The Kier molecular flexibility index (Phi) is 7.12. The van der Waals surface area contributed by atoms with Gasteiger partial charge in [-0.05, 0) is 54.6 Å². The number of ether oxygens (including phenoxy) is 2. The second kappa shape index (κ2) is 10.4. The molecule has 1 fully saturated rings. The van der Waals surface area contributed by atoms with E-state index < -0.39 is 29.6 Å². The lowest BCUT2D eigenvalue weighted by Gasteiger charge is -2.26. The van der Waals surface area contributed by atoms with Crippen molar-refractivity contribution < 1.29 is 33.0 Å². The number of barbiturate groups is 1. The summed E-state index contributed by atoms with van der Waals surface area (Å²) >= 11 is 6.12. The molecule has 0 aromatic heterocycles. The Morgan fingerprint density at radius 1 is 1.06 bits per heavy atom. The van der Waals surface area contributed by atoms with Gasteiger partial charge >= 0.3 is 12.0 Å². The van der Waals surface area contributed by atoms with Gasteiger partial charge < -0.3 is 9.47 Å². The number of hydrogen-bond acceptors (Lipinski definition) is 6. The van der Waals surface area contributed by atoms with Crippen molar-refractivity contribution in [3.63, 3.8) is 0 Å². The highest BCUT2D eigenvalue weighted by molar-refractivity contribution is 6.39. The number of carbonyl (C=O) groups is 4. The minimum Gasteiger partial charge on any atom is -0.488 e. The normalized spacial score (nSPS) is 14.6. The first-order chi connectivity index (χ1) is 17.3. The molecule has 0 atom stereocenters. The van der Waals surface area contributed by atoms with Crippen molar-refractivity contribution in [3.05, 3.63) is 99.8 Å². The smallest absolute Gasteiger partial charge is 0.337 e. The summed E-state index contributed by atoms with van der Waals surface area (Å²) in [5.74, 6) is -2.60. The number of urea groups is 1. The van der Waals surface area contributed by atoms with Gasteiger partial charge in [0.25, 0.3) is 11.8 Å². The summed E-state index contributed by atoms with van der Waals surface area (Å²) in [4.78, 5) is 50.7. The van der Waals surface area contributed by atoms with Crippen LogP contribution >= 0.6 is 11.6 Å². The Hall–Kier alpha value is -4.50. The van der Waals surface area contributed by atoms with Crippen LogP contribution in [0.2, 0.25) is 5.02 Å². The minimum atomic E-state index is -0.949. The van der Waals surface area contributed by atoms with Gasteiger partial charge in [0, 0.05) is 16.1 Å². The Morgan fingerprint density at radius 2 is 1.78 bits per heavy atom. The molecule has 0 bridgehead atoms. The van der Waals surface area contributed by atoms with Crippen molar-refractivity contribution in [2.75, 3.05) is 12.0 Å². The fourth-order valence-electron chi connectivity index (χ4n) is 3.45. The van der Waals surface area contributed by atoms with Crippen LogP contribution in [0.3, 0.4) is 0 Å². The topological polar surface area (TPSA) is 102 Å². The molecule has 0 radical (unpaired) electrons. The van der Waals surface area contributed by atoms with E-state index in [4.69, 9.17) is 16.3 Å². The number of carbonyl (C=O) groups excluding carboxylic acids is 4. The summed E-state index contributed by atoms with van der Waals surface area (Å²) in [6.45, 7) is -0.109. The zero-order chi connectivity index (χ0) is 25.8. The van der Waals surface area contributed by atoms with Crippen LogP contribution in [0.5, 0.6) is 5.75 Å². The van der Waals surface area contributed by atoms with E-state index in [2.05, 4.69) is 10.1 Å². The van der Waals surface area contributed by atoms with Crippen LogP contribution in [0, 0.1) is 5.82 Å². The molecule has 10 heteroatoms. The Balaban J connectivity index is 1.66. The van der Waals surface area contributed by atoms with E-state index >= 15 is 0 Å². The van der Waals surface area contributed by atoms with Crippen molar-refractivity contribution in [1.29, 1.82) is 0 Å². The molecular formula is C26H18ClFN2O6. The number of imide groups is 2. The van der Waals surface area contributed by atoms with Crippen molar-refractivity contribution in [1.82, 2.24) is 5.32 Å². The molecular weight excluding hydrogens is 491 g/mol. The first-order valence-corrected chi connectivity index (χ1v) is 10.9. The highest BCUT2D eigenvalue weighted by Crippen LogP contribution is 2.29. The number of nitrogens with zero attached hydrogens (tertiary/aromatic N) is 1. The van der Waals surface area contributed by atoms with Gasteiger partial charge in [0.15, 0.2) is 0 Å². The molecule has 1 heterocycles. The van der Waals surface area contributed by atoms with E-state index in [-0.39, 0.29) is 34.7 Å². The molecule has 3 aromatic rings. The van der Waals surface area contributed by atoms with Gasteiger partial charge in [-0.25, -0.2) is 18.9 Å². The van der Waals surface area contributed by atoms with Crippen LogP contribution in [0.4, 0.5) is 14.9 Å². The molecule has 0 saturated carbocycles. The van der Waals surface area contributed by atoms with E-state index in [0.717, 1.165) is 4.90 Å². The van der Waals surface area contributed by atoms with Gasteiger partial charge in [-0.1, -0.05) is 29.8 Å². The summed E-state index contributed by atoms with van der Waals surface area (Å²) in [6.07, 6.45) is 1.24. The van der Waals surface area contributed by atoms with Gasteiger partial charge in [-0.15, -0.1) is 0 Å². The standard InChI is InChI=1S/C26H18ClFN2O6/c1-35-25(33)15-6-9-19(10-7-15)30-24(32)20(23(31)29-26(30)34)13-17-12-18(27)8-11-22(17)36-14-16-4-2-3-5-21(16)28/h2-13H,14H2,1H3,(H,29,31,34)/b20-13+. The predicted molar refractivity (Wildman–Crippen MR) is 129 cm³/mol. The molecule has 8 nitrogen and oxygen atoms in total. The molecule has 36 heavy (non-hydrogen) atoms. The fourth-order valence-corrected chi connectivity index (χ4v) is 3.63. The number of rotatable bonds is 6. The summed E-state index contributed by atoms with van der Waals surface area (Å²) in [6, 6.07) is 15.2. The quantitative estimate of drug-likeness (QED) is 0.298. The van der Waals surface area contributed by atoms with Gasteiger partial charge in [0.05, 0.1) is 18.4 Å². The van der Waals surface area contributed by atoms with E-state index in [1.165, 1.54) is 55.7 Å². The van der Waals surface area contributed by atoms with Crippen LogP contribution in [-0.2, 0) is 20.9 Å². The first kappa shape index (κ1) is 24.6. The lowest BCUT2D eigenvalue weighted by Crippen LogP contribution is -2.54. The zero-order valence-corrected chi connectivity index (χ0v) is 19.5. The monoisotopic (exact) mass is 508 g/mol. The third-order valence-corrected chi connectivity index (χ3v) is 5.50. The van der Waals surface area contributed by atoms with Crippen LogP contribution in [0.25, 0.3) is 6.08 Å². The summed E-state index contributed by atoms with van der Waals surface area (Å²) in [5, 5.41) is 2.42. The van der Waals surface area contributed by atoms with Crippen LogP contribution in [-0.4, -0.2) is 30.9 Å². The average molecular weight is 509 g/mol. The lowest BCUT2D eigenvalue weighted by molar-refractivity contribution is -0.122. The number of amides is 4. The summed E-state index contributed by atoms with van der Waals surface area (Å²) in [7, 11) is 1.23. The summed E-state index contributed by atoms with van der Waals surface area (Å²) < 4.78 is 24.4. The molecule has 1 saturated heterocycles. The molecule has 1 aliphatic rings. The van der Waals surface area contributed by atoms with Crippen molar-refractivity contribution >= 4 is 47.2 Å². The van der Waals surface area contributed by atoms with Gasteiger partial charge in [-0.2, -0.15) is 0 Å². The van der Waals surface area contributed by atoms with Crippen molar-refractivity contribution in [2.24, 2.45) is 0 Å². The SMILES string of the molecule is COC(=O)c1ccc(N2C(=O)NC(=O)/C(=C\c3cc(Cl)ccc3OCc3ccccc3F)C2=O)cc1. The van der Waals surface area contributed by atoms with E-state index in [9.17, 15) is 23.6 Å². The Labute approximate surface area is 209 Å². The zero-order valence-electron chi connectivity index (χ0n) is 18.8. The Morgan fingerprint density at radius 3 is 2.47 bits per heavy atom. The molecule has 3 aromatic carbocycles. The molecule has 4 amide bonds. The molecule has 1 aliphatic heterocycles. The van der Waals surface area contributed by atoms with E-state index in [1.807, 2.05) is 0 Å². The summed E-state index contributed by atoms with van der Waals surface area (Å²) in [5.41, 5.74) is 0.571. The highest BCUT2D eigenvalue weighted by Gasteiger charge is 2.37. The molecule has 4 rings (SSSR count). The van der Waals surface area contributed by atoms with Crippen molar-refractivity contribution in [3.8, 4) is 5.75 Å². The largest absolute Gasteiger partial charge is 0.488 e. The van der Waals surface area contributed by atoms with E-state index in [0.29, 0.717) is 10.6 Å². The van der Waals surface area contributed by atoms with Crippen LogP contribution in [0.1, 0.15) is 21.5 Å². The molecule has 182 valence electrons. The molecule has 1 N–H and O–H groups in total. The molecule has 0 aliphatic carbocycles. The van der Waals surface area contributed by atoms with Crippen LogP contribution in [0.15, 0.2) is 72.3 Å². The number of benzene rings is 3. The number of hydrogen-bond donors (Lipinski definition) is 1. The number of anilines is 1. The average Bonchev–Trinajstić information content (AvgIpc) is 2.86. The third kappa shape index (κ3) is 5.11. The van der Waals surface area contributed by atoms with Crippen LogP contribution < -0.4 is 15.0 Å². The van der Waals surface area contributed by atoms with Gasteiger partial charge in [-0.3, -0.25) is 14.9 Å². The predicted octanol–water partition coefficient (Wildman–Crippen LogP) is 4.51. The highest BCUT2D eigenvalue weighted by atomic mass is 35.5.